The van der Waals surface area contributed by atoms with Crippen LogP contribution in [0.4, 0.5) is 4.39 Å². The van der Waals surface area contributed by atoms with E-state index in [1.165, 1.54) is 12.1 Å². The lowest BCUT2D eigenvalue weighted by atomic mass is 10.2. The minimum Gasteiger partial charge on any atom is -0.453 e. The molecule has 19 heavy (non-hydrogen) atoms. The molecule has 0 fully saturated rings. The number of ether oxygens (including phenoxy) is 1. The molecule has 0 saturated heterocycles. The minimum atomic E-state index is -0.671. The fourth-order valence-electron chi connectivity index (χ4n) is 1.38. The molecular weight excluding hydrogens is 356 g/mol. The zero-order chi connectivity index (χ0) is 14.0. The first-order chi connectivity index (χ1) is 9.04. The van der Waals surface area contributed by atoms with E-state index in [9.17, 15) is 4.39 Å². The molecule has 2 rings (SSSR count). The summed E-state index contributed by atoms with van der Waals surface area (Å²) in [6, 6.07) is 9.47. The number of hydrogen-bond donors (Lipinski definition) is 0. The second-order valence-electron chi connectivity index (χ2n) is 3.51. The third kappa shape index (κ3) is 2.84. The zero-order valence-corrected chi connectivity index (χ0v) is 12.4. The topological polar surface area (TPSA) is 33.0 Å². The number of hydrogen-bond acceptors (Lipinski definition) is 2. The normalized spacial score (nSPS) is 10.1. The van der Waals surface area contributed by atoms with Crippen molar-refractivity contribution in [2.45, 2.75) is 0 Å². The van der Waals surface area contributed by atoms with Gasteiger partial charge in [0.15, 0.2) is 11.6 Å². The van der Waals surface area contributed by atoms with Crippen LogP contribution in [0.5, 0.6) is 11.5 Å². The lowest BCUT2D eigenvalue weighted by Gasteiger charge is -2.10. The molecule has 0 aromatic heterocycles. The second kappa shape index (κ2) is 5.79. The van der Waals surface area contributed by atoms with Crippen molar-refractivity contribution in [3.63, 3.8) is 0 Å². The summed E-state index contributed by atoms with van der Waals surface area (Å²) in [5.41, 5.74) is 0.182. The second-order valence-corrected chi connectivity index (χ2v) is 5.08. The molecule has 2 aromatic rings. The highest BCUT2D eigenvalue weighted by atomic mass is 79.9. The van der Waals surface area contributed by atoms with Gasteiger partial charge in [-0.3, -0.25) is 0 Å². The summed E-state index contributed by atoms with van der Waals surface area (Å²) in [6.07, 6.45) is 0. The summed E-state index contributed by atoms with van der Waals surface area (Å²) >= 11 is 14.8. The number of rotatable bonds is 2. The van der Waals surface area contributed by atoms with Crippen LogP contribution < -0.4 is 4.74 Å². The quantitative estimate of drug-likeness (QED) is 0.702. The van der Waals surface area contributed by atoms with E-state index >= 15 is 0 Å². The Morgan fingerprint density at radius 3 is 2.58 bits per heavy atom. The standard InChI is InChI=1S/C13H5BrCl2FNO/c14-11-7(6-18)4-5-10(13(11)17)19-9-3-1-2-8(15)12(9)16/h1-5H. The van der Waals surface area contributed by atoms with Crippen molar-refractivity contribution >= 4 is 39.1 Å². The van der Waals surface area contributed by atoms with Crippen molar-refractivity contribution in [2.75, 3.05) is 0 Å². The van der Waals surface area contributed by atoms with E-state index in [0.717, 1.165) is 0 Å². The van der Waals surface area contributed by atoms with E-state index in [2.05, 4.69) is 15.9 Å². The predicted molar refractivity (Wildman–Crippen MR) is 75.4 cm³/mol. The molecule has 6 heteroatoms. The Labute approximate surface area is 127 Å². The molecule has 0 radical (unpaired) electrons. The first-order valence-electron chi connectivity index (χ1n) is 5.04. The Kier molecular flexibility index (Phi) is 4.31. The average molecular weight is 361 g/mol. The van der Waals surface area contributed by atoms with Gasteiger partial charge < -0.3 is 4.74 Å². The molecule has 0 spiro atoms. The van der Waals surface area contributed by atoms with Crippen LogP contribution in [0.3, 0.4) is 0 Å². The number of benzene rings is 2. The summed E-state index contributed by atoms with van der Waals surface area (Å²) < 4.78 is 19.4. The van der Waals surface area contributed by atoms with Crippen LogP contribution in [0.15, 0.2) is 34.8 Å². The van der Waals surface area contributed by atoms with Crippen LogP contribution in [0.1, 0.15) is 5.56 Å². The Morgan fingerprint density at radius 1 is 1.16 bits per heavy atom. The predicted octanol–water partition coefficient (Wildman–Crippen LogP) is 5.56. The van der Waals surface area contributed by atoms with E-state index in [4.69, 9.17) is 33.2 Å². The molecule has 0 aliphatic heterocycles. The highest BCUT2D eigenvalue weighted by molar-refractivity contribution is 9.10. The molecule has 0 amide bonds. The van der Waals surface area contributed by atoms with Gasteiger partial charge in [0.25, 0.3) is 0 Å². The maximum atomic E-state index is 14.0. The van der Waals surface area contributed by atoms with E-state index in [1.807, 2.05) is 6.07 Å². The third-order valence-corrected chi connectivity index (χ3v) is 3.88. The molecule has 0 atom stereocenters. The lowest BCUT2D eigenvalue weighted by molar-refractivity contribution is 0.440. The molecule has 0 N–H and O–H groups in total. The van der Waals surface area contributed by atoms with Gasteiger partial charge in [0.2, 0.25) is 0 Å². The smallest absolute Gasteiger partial charge is 0.181 e. The molecule has 2 nitrogen and oxygen atoms in total. The summed E-state index contributed by atoms with van der Waals surface area (Å²) in [4.78, 5) is 0. The molecule has 0 saturated carbocycles. The van der Waals surface area contributed by atoms with Crippen LogP contribution in [-0.2, 0) is 0 Å². The van der Waals surface area contributed by atoms with E-state index in [0.29, 0.717) is 5.02 Å². The van der Waals surface area contributed by atoms with Gasteiger partial charge in [-0.2, -0.15) is 5.26 Å². The van der Waals surface area contributed by atoms with Gasteiger partial charge in [-0.1, -0.05) is 29.3 Å². The summed E-state index contributed by atoms with van der Waals surface area (Å²) in [5, 5.41) is 9.29. The van der Waals surface area contributed by atoms with Crippen molar-refractivity contribution < 1.29 is 9.13 Å². The van der Waals surface area contributed by atoms with Crippen LogP contribution in [0, 0.1) is 17.1 Å². The lowest BCUT2D eigenvalue weighted by Crippen LogP contribution is -1.92. The van der Waals surface area contributed by atoms with Gasteiger partial charge in [0.1, 0.15) is 16.8 Å². The Balaban J connectivity index is 2.43. The maximum Gasteiger partial charge on any atom is 0.181 e. The molecule has 0 heterocycles. The maximum absolute atomic E-state index is 14.0. The Hall–Kier alpha value is -1.28. The Morgan fingerprint density at radius 2 is 1.89 bits per heavy atom. The molecule has 96 valence electrons. The van der Waals surface area contributed by atoms with Crippen LogP contribution in [0.25, 0.3) is 0 Å². The first kappa shape index (κ1) is 14.1. The zero-order valence-electron chi connectivity index (χ0n) is 9.25. The average Bonchev–Trinajstić information content (AvgIpc) is 2.40. The number of nitrogens with zero attached hydrogens (tertiary/aromatic N) is 1. The van der Waals surface area contributed by atoms with Gasteiger partial charge in [0, 0.05) is 0 Å². The number of halogens is 4. The fourth-order valence-corrected chi connectivity index (χ4v) is 2.12. The highest BCUT2D eigenvalue weighted by Crippen LogP contribution is 2.37. The van der Waals surface area contributed by atoms with Gasteiger partial charge in [-0.25, -0.2) is 4.39 Å². The van der Waals surface area contributed by atoms with Gasteiger partial charge >= 0.3 is 0 Å². The van der Waals surface area contributed by atoms with Crippen LogP contribution >= 0.6 is 39.1 Å². The van der Waals surface area contributed by atoms with Crippen molar-refractivity contribution in [3.05, 3.63) is 56.2 Å². The molecular formula is C13H5BrCl2FNO. The molecule has 0 aliphatic rings. The van der Waals surface area contributed by atoms with E-state index in [-0.39, 0.29) is 26.6 Å². The van der Waals surface area contributed by atoms with Gasteiger partial charge in [-0.15, -0.1) is 0 Å². The van der Waals surface area contributed by atoms with E-state index < -0.39 is 5.82 Å². The van der Waals surface area contributed by atoms with Crippen molar-refractivity contribution in [2.24, 2.45) is 0 Å². The first-order valence-corrected chi connectivity index (χ1v) is 6.59. The minimum absolute atomic E-state index is 0.0463. The van der Waals surface area contributed by atoms with Gasteiger partial charge in [0.05, 0.1) is 15.1 Å². The SMILES string of the molecule is N#Cc1ccc(Oc2cccc(Cl)c2Cl)c(F)c1Br. The Bertz CT molecular complexity index is 685. The van der Waals surface area contributed by atoms with Crippen LogP contribution in [0.2, 0.25) is 10.0 Å². The third-order valence-electron chi connectivity index (χ3n) is 2.30. The summed E-state index contributed by atoms with van der Waals surface area (Å²) in [5.74, 6) is -0.477. The molecule has 0 unspecified atom stereocenters. The monoisotopic (exact) mass is 359 g/mol. The van der Waals surface area contributed by atoms with Crippen LogP contribution in [-0.4, -0.2) is 0 Å². The highest BCUT2D eigenvalue weighted by Gasteiger charge is 2.14. The largest absolute Gasteiger partial charge is 0.453 e. The number of nitriles is 1. The van der Waals surface area contributed by atoms with Crippen molar-refractivity contribution in [1.82, 2.24) is 0 Å². The summed E-state index contributed by atoms with van der Waals surface area (Å²) in [7, 11) is 0. The molecule has 0 aliphatic carbocycles. The van der Waals surface area contributed by atoms with Crippen molar-refractivity contribution in [3.8, 4) is 17.6 Å². The van der Waals surface area contributed by atoms with Gasteiger partial charge in [-0.05, 0) is 40.2 Å². The molecule has 0 bridgehead atoms. The fraction of sp³-hybridized carbons (Fsp3) is 0. The molecule has 2 aromatic carbocycles. The van der Waals surface area contributed by atoms with Crippen molar-refractivity contribution in [1.29, 1.82) is 5.26 Å². The van der Waals surface area contributed by atoms with E-state index in [1.54, 1.807) is 18.2 Å². The summed E-state index contributed by atoms with van der Waals surface area (Å²) in [6.45, 7) is 0.